The van der Waals surface area contributed by atoms with Crippen molar-refractivity contribution in [3.05, 3.63) is 82.4 Å². The summed E-state index contributed by atoms with van der Waals surface area (Å²) in [7, 11) is 0. The lowest BCUT2D eigenvalue weighted by Crippen LogP contribution is -2.20. The van der Waals surface area contributed by atoms with Gasteiger partial charge in [-0.15, -0.1) is 15.0 Å². The Balaban J connectivity index is 1.90. The molecule has 0 spiro atoms. The third kappa shape index (κ3) is 3.06. The van der Waals surface area contributed by atoms with Gasteiger partial charge in [0.05, 0.1) is 0 Å². The predicted molar refractivity (Wildman–Crippen MR) is 109 cm³/mol. The molecule has 1 N–H and O–H groups in total. The molecule has 1 heterocycles. The van der Waals surface area contributed by atoms with Crippen LogP contribution in [-0.4, -0.2) is 20.1 Å². The van der Waals surface area contributed by atoms with Crippen LogP contribution in [0.4, 0.5) is 0 Å². The van der Waals surface area contributed by atoms with E-state index in [9.17, 15) is 5.11 Å². The second-order valence-corrected chi connectivity index (χ2v) is 7.73. The molecule has 4 rings (SSSR count). The fourth-order valence-electron chi connectivity index (χ4n) is 3.39. The standard InChI is InChI=1S/C22H20ClN3O/c1-14-11-17(22(2,3)15-7-5-4-6-8-15)21(27)20(12-14)26-24-18-10-9-16(23)13-19(18)25-26/h4-13,27H,1-3H3. The molecule has 0 aliphatic heterocycles. The lowest BCUT2D eigenvalue weighted by atomic mass is 9.77. The van der Waals surface area contributed by atoms with E-state index < -0.39 is 0 Å². The molecule has 0 amide bonds. The van der Waals surface area contributed by atoms with Gasteiger partial charge in [0.15, 0.2) is 0 Å². The van der Waals surface area contributed by atoms with Crippen LogP contribution in [0.15, 0.2) is 60.7 Å². The average molecular weight is 378 g/mol. The van der Waals surface area contributed by atoms with Gasteiger partial charge in [-0.05, 0) is 42.3 Å². The SMILES string of the molecule is Cc1cc(-n2nc3ccc(Cl)cc3n2)c(O)c(C(C)(C)c2ccccc2)c1. The number of hydrogen-bond acceptors (Lipinski definition) is 3. The number of rotatable bonds is 3. The van der Waals surface area contributed by atoms with Gasteiger partial charge in [0, 0.05) is 16.0 Å². The number of halogens is 1. The predicted octanol–water partition coefficient (Wildman–Crippen LogP) is 5.41. The van der Waals surface area contributed by atoms with E-state index in [1.54, 1.807) is 12.1 Å². The Kier molecular flexibility index (Phi) is 4.16. The van der Waals surface area contributed by atoms with Crippen molar-refractivity contribution in [3.8, 4) is 11.4 Å². The van der Waals surface area contributed by atoms with E-state index in [0.29, 0.717) is 16.2 Å². The van der Waals surface area contributed by atoms with Crippen LogP contribution >= 0.6 is 11.6 Å². The van der Waals surface area contributed by atoms with E-state index in [4.69, 9.17) is 11.6 Å². The number of fused-ring (bicyclic) bond motifs is 1. The first-order chi connectivity index (χ1) is 12.9. The van der Waals surface area contributed by atoms with Gasteiger partial charge in [0.25, 0.3) is 0 Å². The highest BCUT2D eigenvalue weighted by Crippen LogP contribution is 2.40. The van der Waals surface area contributed by atoms with E-state index in [1.165, 1.54) is 4.80 Å². The first-order valence-corrected chi connectivity index (χ1v) is 9.16. The summed E-state index contributed by atoms with van der Waals surface area (Å²) in [5, 5.41) is 20.7. The van der Waals surface area contributed by atoms with Crippen molar-refractivity contribution in [2.45, 2.75) is 26.2 Å². The molecule has 136 valence electrons. The minimum absolute atomic E-state index is 0.181. The van der Waals surface area contributed by atoms with Gasteiger partial charge in [-0.2, -0.15) is 0 Å². The maximum Gasteiger partial charge on any atom is 0.147 e. The van der Waals surface area contributed by atoms with Crippen LogP contribution in [0.5, 0.6) is 5.75 Å². The highest BCUT2D eigenvalue weighted by molar-refractivity contribution is 6.31. The third-order valence-corrected chi connectivity index (χ3v) is 5.20. The Labute approximate surface area is 163 Å². The zero-order chi connectivity index (χ0) is 19.2. The van der Waals surface area contributed by atoms with Crippen molar-refractivity contribution >= 4 is 22.6 Å². The number of aromatic hydroxyl groups is 1. The first-order valence-electron chi connectivity index (χ1n) is 8.79. The maximum atomic E-state index is 11.1. The zero-order valence-electron chi connectivity index (χ0n) is 15.4. The van der Waals surface area contributed by atoms with Crippen LogP contribution in [-0.2, 0) is 5.41 Å². The molecule has 5 heteroatoms. The van der Waals surface area contributed by atoms with E-state index in [2.05, 4.69) is 36.2 Å². The zero-order valence-corrected chi connectivity index (χ0v) is 16.2. The van der Waals surface area contributed by atoms with E-state index in [-0.39, 0.29) is 11.2 Å². The molecule has 0 unspecified atom stereocenters. The van der Waals surface area contributed by atoms with Crippen molar-refractivity contribution in [2.75, 3.05) is 0 Å². The fourth-order valence-corrected chi connectivity index (χ4v) is 3.56. The second-order valence-electron chi connectivity index (χ2n) is 7.29. The molecule has 27 heavy (non-hydrogen) atoms. The van der Waals surface area contributed by atoms with Crippen molar-refractivity contribution in [2.24, 2.45) is 0 Å². The van der Waals surface area contributed by atoms with E-state index in [0.717, 1.165) is 22.2 Å². The second kappa shape index (κ2) is 6.39. The highest BCUT2D eigenvalue weighted by Gasteiger charge is 2.28. The topological polar surface area (TPSA) is 50.9 Å². The van der Waals surface area contributed by atoms with Gasteiger partial charge in [0.2, 0.25) is 0 Å². The summed E-state index contributed by atoms with van der Waals surface area (Å²) in [4.78, 5) is 1.48. The number of phenolic OH excluding ortho intramolecular Hbond substituents is 1. The van der Waals surface area contributed by atoms with Gasteiger partial charge in [-0.1, -0.05) is 61.8 Å². The lowest BCUT2D eigenvalue weighted by Gasteiger charge is -2.28. The van der Waals surface area contributed by atoms with Gasteiger partial charge in [-0.3, -0.25) is 0 Å². The minimum atomic E-state index is -0.373. The van der Waals surface area contributed by atoms with Gasteiger partial charge < -0.3 is 5.11 Å². The molecule has 0 aliphatic rings. The lowest BCUT2D eigenvalue weighted by molar-refractivity contribution is 0.446. The Hall–Kier alpha value is -2.85. The molecule has 0 fully saturated rings. The summed E-state index contributed by atoms with van der Waals surface area (Å²) in [6.45, 7) is 6.22. The van der Waals surface area contributed by atoms with Crippen LogP contribution < -0.4 is 0 Å². The largest absolute Gasteiger partial charge is 0.505 e. The molecule has 4 nitrogen and oxygen atoms in total. The summed E-state index contributed by atoms with van der Waals surface area (Å²) in [5.41, 5.74) is 4.59. The smallest absolute Gasteiger partial charge is 0.147 e. The number of hydrogen-bond donors (Lipinski definition) is 1. The molecule has 1 aromatic heterocycles. The Bertz CT molecular complexity index is 1130. The van der Waals surface area contributed by atoms with Crippen molar-refractivity contribution < 1.29 is 5.11 Å². The van der Waals surface area contributed by atoms with Gasteiger partial charge in [0.1, 0.15) is 22.5 Å². The highest BCUT2D eigenvalue weighted by atomic mass is 35.5. The summed E-state index contributed by atoms with van der Waals surface area (Å²) < 4.78 is 0. The molecule has 3 aromatic carbocycles. The Morgan fingerprint density at radius 3 is 2.37 bits per heavy atom. The quantitative estimate of drug-likeness (QED) is 0.519. The molecular formula is C22H20ClN3O. The number of nitrogens with zero attached hydrogens (tertiary/aromatic N) is 3. The summed E-state index contributed by atoms with van der Waals surface area (Å²) in [6.07, 6.45) is 0. The van der Waals surface area contributed by atoms with Crippen LogP contribution in [0, 0.1) is 6.92 Å². The Morgan fingerprint density at radius 1 is 0.926 bits per heavy atom. The van der Waals surface area contributed by atoms with Crippen LogP contribution in [0.2, 0.25) is 5.02 Å². The molecule has 0 saturated heterocycles. The number of phenols is 1. The summed E-state index contributed by atoms with van der Waals surface area (Å²) >= 11 is 6.06. The van der Waals surface area contributed by atoms with Crippen LogP contribution in [0.1, 0.15) is 30.5 Å². The maximum absolute atomic E-state index is 11.1. The normalized spacial score (nSPS) is 11.9. The molecule has 0 saturated carbocycles. The number of aryl methyl sites for hydroxylation is 1. The molecule has 4 aromatic rings. The molecule has 0 aliphatic carbocycles. The van der Waals surface area contributed by atoms with Crippen molar-refractivity contribution in [1.29, 1.82) is 0 Å². The Morgan fingerprint density at radius 2 is 1.63 bits per heavy atom. The van der Waals surface area contributed by atoms with Gasteiger partial charge in [-0.25, -0.2) is 0 Å². The van der Waals surface area contributed by atoms with Crippen molar-refractivity contribution in [3.63, 3.8) is 0 Å². The fraction of sp³-hybridized carbons (Fsp3) is 0.182. The molecular weight excluding hydrogens is 358 g/mol. The summed E-state index contributed by atoms with van der Waals surface area (Å²) in [5.74, 6) is 0.181. The number of benzene rings is 3. The van der Waals surface area contributed by atoms with Crippen molar-refractivity contribution in [1.82, 2.24) is 15.0 Å². The molecule has 0 bridgehead atoms. The van der Waals surface area contributed by atoms with Crippen LogP contribution in [0.3, 0.4) is 0 Å². The monoisotopic (exact) mass is 377 g/mol. The number of aromatic nitrogens is 3. The van der Waals surface area contributed by atoms with Crippen LogP contribution in [0.25, 0.3) is 16.7 Å². The van der Waals surface area contributed by atoms with E-state index >= 15 is 0 Å². The van der Waals surface area contributed by atoms with E-state index in [1.807, 2.05) is 43.3 Å². The van der Waals surface area contributed by atoms with Gasteiger partial charge >= 0.3 is 0 Å². The molecule has 0 radical (unpaired) electrons. The third-order valence-electron chi connectivity index (χ3n) is 4.96. The average Bonchev–Trinajstić information content (AvgIpc) is 3.06. The molecule has 0 atom stereocenters. The summed E-state index contributed by atoms with van der Waals surface area (Å²) in [6, 6.07) is 19.4. The minimum Gasteiger partial charge on any atom is -0.505 e. The first kappa shape index (κ1) is 17.6.